The minimum Gasteiger partial charge on any atom is -0.497 e. The van der Waals surface area contributed by atoms with Gasteiger partial charge in [-0.05, 0) is 83.0 Å². The fraction of sp³-hybridized carbons (Fsp3) is 0.238. The summed E-state index contributed by atoms with van der Waals surface area (Å²) in [4.78, 5) is 9.83. The van der Waals surface area contributed by atoms with Gasteiger partial charge in [-0.1, -0.05) is 54.6 Å². The average molecular weight is 865 g/mol. The molecule has 316 valence electrons. The zero-order valence-corrected chi connectivity index (χ0v) is 35.4. The Balaban J connectivity index is 1.38. The minimum atomic E-state index is -4.84. The number of para-hydroxylation sites is 1. The molecule has 1 saturated heterocycles. The first kappa shape index (κ1) is 41.4. The largest absolute Gasteiger partial charge is 0.497 e. The van der Waals surface area contributed by atoms with E-state index in [4.69, 9.17) is 25.0 Å². The molecule has 1 aliphatic rings. The number of benzene rings is 5. The molecule has 0 amide bonds. The monoisotopic (exact) mass is 864 g/mol. The van der Waals surface area contributed by atoms with Crippen LogP contribution in [-0.2, 0) is 39.7 Å². The lowest BCUT2D eigenvalue weighted by Gasteiger charge is -2.36. The molecule has 1 aliphatic heterocycles. The highest BCUT2D eigenvalue weighted by Crippen LogP contribution is 2.43. The normalized spacial score (nSPS) is 13.7. The lowest BCUT2D eigenvalue weighted by Crippen LogP contribution is -2.57. The Morgan fingerprint density at radius 2 is 1.34 bits per heavy atom. The van der Waals surface area contributed by atoms with Gasteiger partial charge in [-0.3, -0.25) is 0 Å². The molecule has 2 aromatic heterocycles. The number of rotatable bonds is 16. The van der Waals surface area contributed by atoms with Gasteiger partial charge in [0.25, 0.3) is 0 Å². The van der Waals surface area contributed by atoms with Crippen LogP contribution in [0.1, 0.15) is 16.7 Å². The van der Waals surface area contributed by atoms with Gasteiger partial charge in [0.2, 0.25) is 25.9 Å². The van der Waals surface area contributed by atoms with Gasteiger partial charge in [0.15, 0.2) is 5.95 Å². The number of nitrogens with two attached hydrogens (primary N) is 1. The predicted octanol–water partition coefficient (Wildman–Crippen LogP) is 4.52. The number of aromatic amines is 1. The van der Waals surface area contributed by atoms with Gasteiger partial charge < -0.3 is 29.8 Å². The van der Waals surface area contributed by atoms with Crippen molar-refractivity contribution in [3.8, 4) is 39.8 Å². The second-order valence-electron chi connectivity index (χ2n) is 14.6. The first-order chi connectivity index (χ1) is 29.3. The Labute approximate surface area is 353 Å². The van der Waals surface area contributed by atoms with Crippen LogP contribution >= 0.6 is 0 Å². The number of nitrogens with one attached hydrogen (secondary N) is 2. The summed E-state index contributed by atoms with van der Waals surface area (Å²) in [6.07, 6.45) is 0. The van der Waals surface area contributed by atoms with Gasteiger partial charge in [-0.25, -0.2) is 26.5 Å². The van der Waals surface area contributed by atoms with Gasteiger partial charge in [0, 0.05) is 37.8 Å². The number of imidazole rings is 1. The summed E-state index contributed by atoms with van der Waals surface area (Å²) in [5.41, 5.74) is 9.85. The minimum absolute atomic E-state index is 0.0851. The number of methoxy groups -OCH3 is 3. The van der Waals surface area contributed by atoms with Gasteiger partial charge >= 0.3 is 0 Å². The van der Waals surface area contributed by atoms with E-state index in [-0.39, 0.29) is 42.5 Å². The highest BCUT2D eigenvalue weighted by Gasteiger charge is 2.39. The lowest BCUT2D eigenvalue weighted by atomic mass is 9.98. The highest BCUT2D eigenvalue weighted by molar-refractivity contribution is 7.92. The Bertz CT molecular complexity index is 2850. The Morgan fingerprint density at radius 3 is 1.90 bits per heavy atom. The topological polar surface area (TPSA) is 213 Å². The zero-order valence-electron chi connectivity index (χ0n) is 33.8. The van der Waals surface area contributed by atoms with Gasteiger partial charge in [-0.2, -0.15) is 9.10 Å². The molecule has 0 aliphatic carbocycles. The van der Waals surface area contributed by atoms with E-state index < -0.39 is 35.9 Å². The van der Waals surface area contributed by atoms with Crippen molar-refractivity contribution in [3.05, 3.63) is 120 Å². The van der Waals surface area contributed by atoms with Crippen molar-refractivity contribution in [2.75, 3.05) is 47.2 Å². The maximum Gasteiger partial charge on any atom is 0.245 e. The number of aromatic nitrogens is 6. The van der Waals surface area contributed by atoms with Crippen LogP contribution in [0.4, 0.5) is 5.95 Å². The van der Waals surface area contributed by atoms with Gasteiger partial charge in [0.05, 0.1) is 44.5 Å². The molecule has 17 nitrogen and oxygen atoms in total. The predicted molar refractivity (Wildman–Crippen MR) is 229 cm³/mol. The summed E-state index contributed by atoms with van der Waals surface area (Å²) in [5.74, 6) is 1.84. The van der Waals surface area contributed by atoms with Crippen molar-refractivity contribution in [1.82, 2.24) is 44.1 Å². The number of tetrazole rings is 1. The fourth-order valence-electron chi connectivity index (χ4n) is 7.33. The number of fused-ring (bicyclic) bond motifs is 1. The third kappa shape index (κ3) is 8.64. The van der Waals surface area contributed by atoms with Crippen molar-refractivity contribution in [2.24, 2.45) is 0 Å². The van der Waals surface area contributed by atoms with Crippen molar-refractivity contribution in [1.29, 1.82) is 0 Å². The van der Waals surface area contributed by atoms with Crippen molar-refractivity contribution < 1.29 is 31.0 Å². The molecule has 0 spiro atoms. The molecule has 61 heavy (non-hydrogen) atoms. The number of ether oxygens (including phenoxy) is 3. The highest BCUT2D eigenvalue weighted by atomic mass is 32.2. The van der Waals surface area contributed by atoms with Gasteiger partial charge in [0.1, 0.15) is 27.0 Å². The van der Waals surface area contributed by atoms with E-state index in [1.54, 1.807) is 106 Å². The molecule has 0 unspecified atom stereocenters. The van der Waals surface area contributed by atoms with E-state index in [0.29, 0.717) is 58.1 Å². The van der Waals surface area contributed by atoms with Crippen LogP contribution in [-0.4, -0.2) is 104 Å². The molecule has 3 heterocycles. The Hall–Kier alpha value is -6.38. The summed E-state index contributed by atoms with van der Waals surface area (Å²) in [7, 11) is -2.83. The Kier molecular flexibility index (Phi) is 11.5. The standard InChI is InChI=1S/C42H44N10O7S2/c1-50-25-30(26-50)48-60(53,54)37-21-20-34(35-6-5-7-36-39(35)45-42(43)44-36)38(41-46-49-52(47-41)24-29-12-18-33(59-4)19-13-29)40(37)61(55,56)51(22-27-8-14-31(57-2)15-9-27)23-28-10-16-32(58-3)17-11-28/h5-21,30,48H,22-26H2,1-4H3,(H3,43,44,45). The number of hydrogen-bond acceptors (Lipinski definition) is 13. The molecule has 8 rings (SSSR count). The van der Waals surface area contributed by atoms with E-state index in [0.717, 1.165) is 5.56 Å². The number of H-pyrrole nitrogens is 1. The molecule has 0 bridgehead atoms. The quantitative estimate of drug-likeness (QED) is 0.122. The number of nitrogens with zero attached hydrogens (tertiary/aromatic N) is 7. The number of nitrogen functional groups attached to an aromatic ring is 1. The third-order valence-corrected chi connectivity index (χ3v) is 14.0. The average Bonchev–Trinajstić information content (AvgIpc) is 3.88. The first-order valence-corrected chi connectivity index (χ1v) is 22.1. The maximum absolute atomic E-state index is 15.9. The van der Waals surface area contributed by atoms with E-state index in [1.165, 1.54) is 15.2 Å². The molecule has 0 saturated carbocycles. The van der Waals surface area contributed by atoms with Crippen LogP contribution in [0, 0.1) is 0 Å². The summed E-state index contributed by atoms with van der Waals surface area (Å²) >= 11 is 0. The number of hydrogen-bond donors (Lipinski definition) is 3. The van der Waals surface area contributed by atoms with Crippen molar-refractivity contribution in [2.45, 2.75) is 35.5 Å². The smallest absolute Gasteiger partial charge is 0.245 e. The number of likely N-dealkylation sites (N-methyl/N-ethyl adjacent to an activating group) is 1. The number of anilines is 1. The summed E-state index contributed by atoms with van der Waals surface area (Å²) in [6, 6.07) is 29.0. The van der Waals surface area contributed by atoms with Crippen molar-refractivity contribution >= 4 is 37.0 Å². The fourth-order valence-corrected chi connectivity index (χ4v) is 11.0. The Morgan fingerprint density at radius 1 is 0.770 bits per heavy atom. The van der Waals surface area contributed by atoms with E-state index in [9.17, 15) is 8.42 Å². The zero-order chi connectivity index (χ0) is 42.9. The molecule has 0 atom stereocenters. The van der Waals surface area contributed by atoms with Crippen molar-refractivity contribution in [3.63, 3.8) is 0 Å². The molecular formula is C42H44N10O7S2. The van der Waals surface area contributed by atoms with Crippen LogP contribution < -0.4 is 24.7 Å². The molecule has 19 heteroatoms. The first-order valence-electron chi connectivity index (χ1n) is 19.1. The summed E-state index contributed by atoms with van der Waals surface area (Å²) in [5, 5.41) is 13.5. The number of likely N-dealkylation sites (tertiary alicyclic amines) is 1. The van der Waals surface area contributed by atoms with Crippen LogP contribution in [0.3, 0.4) is 0 Å². The molecule has 5 aromatic carbocycles. The SMILES string of the molecule is COc1ccc(CN(Cc2ccc(OC)cc2)S(=O)(=O)c2c(S(=O)(=O)NC3CN(C)C3)ccc(-c3cccc4[nH]c(N)nc34)c2-c2nnn(Cc3ccc(OC)cc3)n2)cc1. The molecular weight excluding hydrogens is 821 g/mol. The second-order valence-corrected chi connectivity index (χ2v) is 18.2. The van der Waals surface area contributed by atoms with E-state index in [2.05, 4.69) is 25.0 Å². The second kappa shape index (κ2) is 16.9. The van der Waals surface area contributed by atoms with Gasteiger partial charge in [-0.15, -0.1) is 10.2 Å². The summed E-state index contributed by atoms with van der Waals surface area (Å²) < 4.78 is 81.3. The van der Waals surface area contributed by atoms with E-state index >= 15 is 8.42 Å². The van der Waals surface area contributed by atoms with Crippen LogP contribution in [0.25, 0.3) is 33.5 Å². The third-order valence-electron chi connectivity index (χ3n) is 10.4. The number of sulfonamides is 2. The van der Waals surface area contributed by atoms with Crippen LogP contribution in [0.15, 0.2) is 113 Å². The maximum atomic E-state index is 15.9. The van der Waals surface area contributed by atoms with E-state index in [1.807, 2.05) is 24.1 Å². The summed E-state index contributed by atoms with van der Waals surface area (Å²) in [6.45, 7) is 0.751. The lowest BCUT2D eigenvalue weighted by molar-refractivity contribution is 0.180. The van der Waals surface area contributed by atoms with Crippen LogP contribution in [0.5, 0.6) is 17.2 Å². The molecule has 1 fully saturated rings. The molecule has 7 aromatic rings. The molecule has 4 N–H and O–H groups in total. The molecule has 0 radical (unpaired) electrons. The van der Waals surface area contributed by atoms with Crippen LogP contribution in [0.2, 0.25) is 0 Å².